The predicted molar refractivity (Wildman–Crippen MR) is 39.4 cm³/mol. The van der Waals surface area contributed by atoms with Gasteiger partial charge in [-0.1, -0.05) is 13.8 Å². The van der Waals surface area contributed by atoms with Crippen molar-refractivity contribution in [1.82, 2.24) is 5.32 Å². The number of aliphatic hydroxyl groups is 1. The van der Waals surface area contributed by atoms with Gasteiger partial charge < -0.3 is 10.4 Å². The lowest BCUT2D eigenvalue weighted by Crippen LogP contribution is -2.32. The zero-order chi connectivity index (χ0) is 7.28. The molecule has 0 amide bonds. The third-order valence-electron chi connectivity index (χ3n) is 1.18. The number of nitrogens with one attached hydrogen (secondary N) is 1. The molecule has 9 heavy (non-hydrogen) atoms. The first-order valence-corrected chi connectivity index (χ1v) is 3.53. The van der Waals surface area contributed by atoms with E-state index in [0.29, 0.717) is 12.1 Å². The average Bonchev–Trinajstić information content (AvgIpc) is 1.63. The maximum atomic E-state index is 8.51. The van der Waals surface area contributed by atoms with Gasteiger partial charge in [-0.15, -0.1) is 0 Å². The highest BCUT2D eigenvalue weighted by atomic mass is 16.3. The summed E-state index contributed by atoms with van der Waals surface area (Å²) in [5, 5.41) is 11.8. The summed E-state index contributed by atoms with van der Waals surface area (Å²) in [5.74, 6) is 0. The Morgan fingerprint density at radius 3 is 2.22 bits per heavy atom. The molecule has 2 N–H and O–H groups in total. The summed E-state index contributed by atoms with van der Waals surface area (Å²) in [6, 6.07) is 0.960. The molecule has 2 nitrogen and oxygen atoms in total. The summed E-state index contributed by atoms with van der Waals surface area (Å²) < 4.78 is 0. The number of hydrogen-bond acceptors (Lipinski definition) is 2. The normalized spacial score (nSPS) is 14.3. The van der Waals surface area contributed by atoms with E-state index in [-0.39, 0.29) is 6.61 Å². The zero-order valence-corrected chi connectivity index (χ0v) is 6.52. The van der Waals surface area contributed by atoms with Crippen LogP contribution in [0.25, 0.3) is 0 Å². The van der Waals surface area contributed by atoms with Gasteiger partial charge in [0.25, 0.3) is 0 Å². The lowest BCUT2D eigenvalue weighted by atomic mass is 10.2. The molecule has 0 rings (SSSR count). The number of rotatable bonds is 4. The standard InChI is InChI=1S/C7H17NO/c1-6(2)8-7(3)4-5-9/h6-9H,4-5H2,1-3H3/t7-/m0/s1. The van der Waals surface area contributed by atoms with Gasteiger partial charge in [0.1, 0.15) is 0 Å². The molecule has 2 heteroatoms. The van der Waals surface area contributed by atoms with Crippen LogP contribution in [0.15, 0.2) is 0 Å². The fourth-order valence-corrected chi connectivity index (χ4v) is 0.846. The molecular formula is C7H17NO. The average molecular weight is 131 g/mol. The fourth-order valence-electron chi connectivity index (χ4n) is 0.846. The topological polar surface area (TPSA) is 32.3 Å². The van der Waals surface area contributed by atoms with Gasteiger partial charge in [-0.05, 0) is 13.3 Å². The van der Waals surface area contributed by atoms with Gasteiger partial charge >= 0.3 is 0 Å². The minimum absolute atomic E-state index is 0.279. The number of aliphatic hydroxyl groups excluding tert-OH is 1. The minimum Gasteiger partial charge on any atom is -0.396 e. The van der Waals surface area contributed by atoms with E-state index < -0.39 is 0 Å². The summed E-state index contributed by atoms with van der Waals surface area (Å²) in [7, 11) is 0. The first-order chi connectivity index (χ1) is 4.16. The van der Waals surface area contributed by atoms with Crippen LogP contribution >= 0.6 is 0 Å². The molecule has 0 aliphatic rings. The Bertz CT molecular complexity index is 63.9. The van der Waals surface area contributed by atoms with Crippen molar-refractivity contribution in [1.29, 1.82) is 0 Å². The highest BCUT2D eigenvalue weighted by Gasteiger charge is 2.00. The molecule has 0 aromatic carbocycles. The lowest BCUT2D eigenvalue weighted by Gasteiger charge is -2.14. The molecule has 0 aliphatic heterocycles. The molecule has 0 spiro atoms. The molecule has 0 saturated carbocycles. The van der Waals surface area contributed by atoms with E-state index in [1.165, 1.54) is 0 Å². The molecule has 0 saturated heterocycles. The van der Waals surface area contributed by atoms with Gasteiger partial charge in [0.2, 0.25) is 0 Å². The maximum Gasteiger partial charge on any atom is 0.0445 e. The second-order valence-corrected chi connectivity index (χ2v) is 2.73. The third kappa shape index (κ3) is 5.80. The molecule has 0 bridgehead atoms. The second kappa shape index (κ2) is 4.77. The molecule has 0 heterocycles. The summed E-state index contributed by atoms with van der Waals surface area (Å²) in [6.07, 6.45) is 0.845. The van der Waals surface area contributed by atoms with Crippen molar-refractivity contribution in [2.45, 2.75) is 39.3 Å². The third-order valence-corrected chi connectivity index (χ3v) is 1.18. The van der Waals surface area contributed by atoms with E-state index in [1.54, 1.807) is 0 Å². The van der Waals surface area contributed by atoms with Crippen molar-refractivity contribution in [3.8, 4) is 0 Å². The van der Waals surface area contributed by atoms with Gasteiger partial charge in [-0.2, -0.15) is 0 Å². The van der Waals surface area contributed by atoms with Crippen LogP contribution < -0.4 is 5.32 Å². The van der Waals surface area contributed by atoms with E-state index in [9.17, 15) is 0 Å². The molecule has 0 aromatic heterocycles. The lowest BCUT2D eigenvalue weighted by molar-refractivity contribution is 0.265. The smallest absolute Gasteiger partial charge is 0.0445 e. The van der Waals surface area contributed by atoms with Gasteiger partial charge in [0, 0.05) is 18.7 Å². The Kier molecular flexibility index (Phi) is 4.72. The minimum atomic E-state index is 0.279. The van der Waals surface area contributed by atoms with Gasteiger partial charge in [-0.3, -0.25) is 0 Å². The van der Waals surface area contributed by atoms with Crippen molar-refractivity contribution in [2.75, 3.05) is 6.61 Å². The van der Waals surface area contributed by atoms with Crippen molar-refractivity contribution in [3.63, 3.8) is 0 Å². The van der Waals surface area contributed by atoms with Gasteiger partial charge in [0.15, 0.2) is 0 Å². The number of hydrogen-bond donors (Lipinski definition) is 2. The maximum absolute atomic E-state index is 8.51. The molecule has 0 unspecified atom stereocenters. The highest BCUT2D eigenvalue weighted by molar-refractivity contribution is 4.62. The summed E-state index contributed by atoms with van der Waals surface area (Å²) >= 11 is 0. The molecule has 0 aliphatic carbocycles. The summed E-state index contributed by atoms with van der Waals surface area (Å²) in [6.45, 7) is 6.57. The fraction of sp³-hybridized carbons (Fsp3) is 1.00. The Morgan fingerprint density at radius 1 is 1.33 bits per heavy atom. The van der Waals surface area contributed by atoms with Crippen molar-refractivity contribution >= 4 is 0 Å². The van der Waals surface area contributed by atoms with Crippen LogP contribution in [-0.4, -0.2) is 23.8 Å². The molecular weight excluding hydrogens is 114 g/mol. The quantitative estimate of drug-likeness (QED) is 0.590. The summed E-state index contributed by atoms with van der Waals surface area (Å²) in [4.78, 5) is 0. The van der Waals surface area contributed by atoms with Crippen LogP contribution in [0.4, 0.5) is 0 Å². The molecule has 1 atom stereocenters. The molecule has 0 fully saturated rings. The Balaban J connectivity index is 3.15. The van der Waals surface area contributed by atoms with Crippen molar-refractivity contribution < 1.29 is 5.11 Å². The van der Waals surface area contributed by atoms with Crippen molar-refractivity contribution in [2.24, 2.45) is 0 Å². The van der Waals surface area contributed by atoms with Crippen LogP contribution in [0.5, 0.6) is 0 Å². The van der Waals surface area contributed by atoms with E-state index in [2.05, 4.69) is 26.1 Å². The first-order valence-electron chi connectivity index (χ1n) is 3.53. The van der Waals surface area contributed by atoms with Crippen LogP contribution in [0, 0.1) is 0 Å². The largest absolute Gasteiger partial charge is 0.396 e. The van der Waals surface area contributed by atoms with Crippen LogP contribution in [0.3, 0.4) is 0 Å². The van der Waals surface area contributed by atoms with Crippen LogP contribution in [-0.2, 0) is 0 Å². The van der Waals surface area contributed by atoms with E-state index in [1.807, 2.05) is 0 Å². The van der Waals surface area contributed by atoms with Crippen LogP contribution in [0.1, 0.15) is 27.2 Å². The molecule has 0 radical (unpaired) electrons. The first kappa shape index (κ1) is 8.92. The summed E-state index contributed by atoms with van der Waals surface area (Å²) in [5.41, 5.74) is 0. The predicted octanol–water partition coefficient (Wildman–Crippen LogP) is 0.755. The highest BCUT2D eigenvalue weighted by Crippen LogP contribution is 1.90. The molecule has 56 valence electrons. The Hall–Kier alpha value is -0.0800. The zero-order valence-electron chi connectivity index (χ0n) is 6.52. The van der Waals surface area contributed by atoms with E-state index >= 15 is 0 Å². The second-order valence-electron chi connectivity index (χ2n) is 2.73. The van der Waals surface area contributed by atoms with Crippen LogP contribution in [0.2, 0.25) is 0 Å². The van der Waals surface area contributed by atoms with Crippen molar-refractivity contribution in [3.05, 3.63) is 0 Å². The SMILES string of the molecule is CC(C)N[C@@H](C)CCO. The van der Waals surface area contributed by atoms with Gasteiger partial charge in [0.05, 0.1) is 0 Å². The Morgan fingerprint density at radius 2 is 1.89 bits per heavy atom. The van der Waals surface area contributed by atoms with E-state index in [0.717, 1.165) is 6.42 Å². The van der Waals surface area contributed by atoms with Gasteiger partial charge in [-0.25, -0.2) is 0 Å². The van der Waals surface area contributed by atoms with E-state index in [4.69, 9.17) is 5.11 Å². The monoisotopic (exact) mass is 131 g/mol. The molecule has 0 aromatic rings. The Labute approximate surface area is 57.3 Å².